The molecule has 9 rings (SSSR count). The molecule has 0 atom stereocenters. The van der Waals surface area contributed by atoms with Crippen molar-refractivity contribution in [1.82, 2.24) is 0 Å². The van der Waals surface area contributed by atoms with E-state index in [2.05, 4.69) is 21.1 Å². The Bertz CT molecular complexity index is 2400. The monoisotopic (exact) mass is 744 g/mol. The van der Waals surface area contributed by atoms with E-state index in [1.807, 2.05) is 36.4 Å². The lowest BCUT2D eigenvalue weighted by molar-refractivity contribution is 0.0425. The van der Waals surface area contributed by atoms with Crippen molar-refractivity contribution in [3.8, 4) is 34.5 Å². The summed E-state index contributed by atoms with van der Waals surface area (Å²) in [6.45, 7) is 2.06. The third kappa shape index (κ3) is 5.82. The van der Waals surface area contributed by atoms with E-state index in [1.54, 1.807) is 54.6 Å². The number of esters is 6. The number of carbonyl (C=O) groups is 6. The molecule has 0 spiro atoms. The highest BCUT2D eigenvalue weighted by molar-refractivity contribution is 6.16. The second-order valence-electron chi connectivity index (χ2n) is 13.2. The molecular formula is C44H24O12. The Morgan fingerprint density at radius 3 is 0.821 bits per heavy atom. The molecule has 0 radical (unpaired) electrons. The summed E-state index contributed by atoms with van der Waals surface area (Å²) in [6.07, 6.45) is 0. The molecule has 0 aliphatic carbocycles. The molecular weight excluding hydrogens is 720 g/mol. The fourth-order valence-corrected chi connectivity index (χ4v) is 6.86. The molecule has 0 aromatic heterocycles. The Morgan fingerprint density at radius 1 is 0.321 bits per heavy atom. The van der Waals surface area contributed by atoms with Crippen molar-refractivity contribution in [3.05, 3.63) is 177 Å². The number of cyclic esters (lactones) is 6. The lowest BCUT2D eigenvalue weighted by Crippen LogP contribution is -2.25. The van der Waals surface area contributed by atoms with Gasteiger partial charge in [-0.2, -0.15) is 0 Å². The average molecular weight is 745 g/mol. The fraction of sp³-hybridized carbons (Fsp3) is 0.0455. The molecule has 0 unspecified atom stereocenters. The SMILES string of the molecule is CC(c1ccc(Oc2ccc3c(c2)C(=O)OC3=O)cc1)(c1ccc(Oc2ccc3c(c2)C(=O)OC3=O)cc1)c1ccc(Oc2ccc3c(c2)C(=O)OC3=O)cc1. The van der Waals surface area contributed by atoms with Crippen LogP contribution in [0.4, 0.5) is 0 Å². The van der Waals surface area contributed by atoms with E-state index in [0.717, 1.165) is 16.7 Å². The van der Waals surface area contributed by atoms with E-state index in [-0.39, 0.29) is 33.4 Å². The van der Waals surface area contributed by atoms with Gasteiger partial charge >= 0.3 is 35.8 Å². The summed E-state index contributed by atoms with van der Waals surface area (Å²) in [7, 11) is 0. The molecule has 56 heavy (non-hydrogen) atoms. The first-order valence-corrected chi connectivity index (χ1v) is 17.1. The highest BCUT2D eigenvalue weighted by atomic mass is 16.6. The van der Waals surface area contributed by atoms with E-state index in [0.29, 0.717) is 34.5 Å². The van der Waals surface area contributed by atoms with Gasteiger partial charge in [-0.25, -0.2) is 28.8 Å². The van der Waals surface area contributed by atoms with E-state index in [4.69, 9.17) is 14.2 Å². The summed E-state index contributed by atoms with van der Waals surface area (Å²) < 4.78 is 32.2. The molecule has 3 heterocycles. The number of benzene rings is 6. The van der Waals surface area contributed by atoms with Crippen LogP contribution in [0, 0.1) is 0 Å². The second-order valence-corrected chi connectivity index (χ2v) is 13.2. The Labute approximate surface area is 316 Å². The van der Waals surface area contributed by atoms with Gasteiger partial charge in [0, 0.05) is 5.41 Å². The molecule has 0 saturated carbocycles. The minimum Gasteiger partial charge on any atom is -0.457 e. The van der Waals surface area contributed by atoms with Crippen molar-refractivity contribution in [2.45, 2.75) is 12.3 Å². The summed E-state index contributed by atoms with van der Waals surface area (Å²) >= 11 is 0. The Hall–Kier alpha value is -7.86. The van der Waals surface area contributed by atoms with Gasteiger partial charge in [0.15, 0.2) is 0 Å². The Balaban J connectivity index is 1.02. The molecule has 12 nitrogen and oxygen atoms in total. The predicted molar refractivity (Wildman–Crippen MR) is 194 cm³/mol. The number of carbonyl (C=O) groups excluding carboxylic acids is 6. The summed E-state index contributed by atoms with van der Waals surface area (Å²) in [5.74, 6) is -1.73. The van der Waals surface area contributed by atoms with Crippen LogP contribution >= 0.6 is 0 Å². The topological polar surface area (TPSA) is 158 Å². The van der Waals surface area contributed by atoms with Crippen LogP contribution in [0.2, 0.25) is 0 Å². The van der Waals surface area contributed by atoms with Crippen LogP contribution < -0.4 is 14.2 Å². The minimum atomic E-state index is -0.761. The molecule has 12 heteroatoms. The van der Waals surface area contributed by atoms with Crippen LogP contribution in [-0.2, 0) is 19.6 Å². The molecule has 6 aromatic carbocycles. The zero-order valence-electron chi connectivity index (χ0n) is 29.0. The lowest BCUT2D eigenvalue weighted by atomic mass is 9.71. The van der Waals surface area contributed by atoms with Gasteiger partial charge in [-0.3, -0.25) is 0 Å². The molecule has 0 bridgehead atoms. The van der Waals surface area contributed by atoms with Crippen molar-refractivity contribution >= 4 is 35.8 Å². The van der Waals surface area contributed by atoms with E-state index >= 15 is 0 Å². The van der Waals surface area contributed by atoms with Gasteiger partial charge in [-0.05, 0) is 115 Å². The second kappa shape index (κ2) is 12.9. The maximum Gasteiger partial charge on any atom is 0.347 e. The number of ether oxygens (including phenoxy) is 6. The van der Waals surface area contributed by atoms with Gasteiger partial charge in [0.2, 0.25) is 0 Å². The minimum absolute atomic E-state index is 0.138. The first-order valence-electron chi connectivity index (χ1n) is 17.1. The van der Waals surface area contributed by atoms with Crippen LogP contribution in [0.25, 0.3) is 0 Å². The standard InChI is InChI=1S/C44H24O12/c1-44(23-2-8-26(9-3-23)51-29-14-17-32-35(20-29)41(48)54-38(32)45,24-4-10-27(11-5-24)52-30-15-18-33-36(21-30)42(49)55-39(33)46)25-6-12-28(13-7-25)53-31-16-19-34-37(22-31)43(50)56-40(34)47/h2-22H,1H3. The third-order valence-corrected chi connectivity index (χ3v) is 9.85. The number of fused-ring (bicyclic) bond motifs is 3. The summed E-state index contributed by atoms with van der Waals surface area (Å²) in [4.78, 5) is 71.9. The van der Waals surface area contributed by atoms with Gasteiger partial charge in [0.1, 0.15) is 34.5 Å². The van der Waals surface area contributed by atoms with Crippen molar-refractivity contribution in [1.29, 1.82) is 0 Å². The van der Waals surface area contributed by atoms with Crippen LogP contribution in [0.5, 0.6) is 34.5 Å². The summed E-state index contributed by atoms with van der Waals surface area (Å²) in [5, 5.41) is 0. The molecule has 0 amide bonds. The van der Waals surface area contributed by atoms with Gasteiger partial charge in [-0.1, -0.05) is 36.4 Å². The quantitative estimate of drug-likeness (QED) is 0.0604. The highest BCUT2D eigenvalue weighted by Gasteiger charge is 2.34. The van der Waals surface area contributed by atoms with Crippen LogP contribution in [0.3, 0.4) is 0 Å². The zero-order chi connectivity index (χ0) is 38.7. The normalized spacial score (nSPS) is 14.1. The van der Waals surface area contributed by atoms with Gasteiger partial charge in [0.25, 0.3) is 0 Å². The smallest absolute Gasteiger partial charge is 0.347 e. The molecule has 0 N–H and O–H groups in total. The van der Waals surface area contributed by atoms with Crippen molar-refractivity contribution in [3.63, 3.8) is 0 Å². The van der Waals surface area contributed by atoms with E-state index in [1.165, 1.54) is 36.4 Å². The molecule has 0 saturated heterocycles. The van der Waals surface area contributed by atoms with Crippen molar-refractivity contribution in [2.24, 2.45) is 0 Å². The van der Waals surface area contributed by atoms with Crippen LogP contribution in [-0.4, -0.2) is 35.8 Å². The first-order chi connectivity index (χ1) is 27.0. The predicted octanol–water partition coefficient (Wildman–Crippen LogP) is 8.35. The molecule has 3 aliphatic rings. The number of rotatable bonds is 9. The van der Waals surface area contributed by atoms with Crippen LogP contribution in [0.1, 0.15) is 85.8 Å². The van der Waals surface area contributed by atoms with Gasteiger partial charge < -0.3 is 28.4 Å². The highest BCUT2D eigenvalue weighted by Crippen LogP contribution is 2.42. The summed E-state index contributed by atoms with van der Waals surface area (Å²) in [6, 6.07) is 36.0. The molecule has 6 aromatic rings. The maximum absolute atomic E-state index is 12.1. The first kappa shape index (κ1) is 33.9. The Kier molecular flexibility index (Phi) is 7.83. The Morgan fingerprint density at radius 2 is 0.554 bits per heavy atom. The summed E-state index contributed by atoms with van der Waals surface area (Å²) in [5.41, 5.74) is 2.87. The number of hydrogen-bond acceptors (Lipinski definition) is 12. The van der Waals surface area contributed by atoms with Gasteiger partial charge in [0.05, 0.1) is 33.4 Å². The molecule has 3 aliphatic heterocycles. The molecule has 0 fully saturated rings. The van der Waals surface area contributed by atoms with E-state index < -0.39 is 41.2 Å². The van der Waals surface area contributed by atoms with E-state index in [9.17, 15) is 28.8 Å². The fourth-order valence-electron chi connectivity index (χ4n) is 6.86. The van der Waals surface area contributed by atoms with Crippen LogP contribution in [0.15, 0.2) is 127 Å². The average Bonchev–Trinajstić information content (AvgIpc) is 3.77. The maximum atomic E-state index is 12.1. The molecule has 272 valence electrons. The number of hydrogen-bond donors (Lipinski definition) is 0. The lowest BCUT2D eigenvalue weighted by Gasteiger charge is -2.32. The van der Waals surface area contributed by atoms with Gasteiger partial charge in [-0.15, -0.1) is 0 Å². The van der Waals surface area contributed by atoms with Crippen molar-refractivity contribution < 1.29 is 57.2 Å². The van der Waals surface area contributed by atoms with Crippen molar-refractivity contribution in [2.75, 3.05) is 0 Å². The zero-order valence-corrected chi connectivity index (χ0v) is 29.0. The third-order valence-electron chi connectivity index (χ3n) is 9.85. The largest absolute Gasteiger partial charge is 0.457 e.